The Morgan fingerprint density at radius 1 is 1.04 bits per heavy atom. The van der Waals surface area contributed by atoms with Gasteiger partial charge < -0.3 is 15.1 Å². The molecule has 1 amide bonds. The summed E-state index contributed by atoms with van der Waals surface area (Å²) >= 11 is 0. The predicted octanol–water partition coefficient (Wildman–Crippen LogP) is 3.34. The van der Waals surface area contributed by atoms with Gasteiger partial charge in [-0.2, -0.15) is 0 Å². The van der Waals surface area contributed by atoms with Crippen molar-refractivity contribution in [3.05, 3.63) is 59.2 Å². The fourth-order valence-electron chi connectivity index (χ4n) is 3.17. The Hall–Kier alpha value is -2.63. The first-order valence-electron chi connectivity index (χ1n) is 8.73. The monoisotopic (exact) mass is 359 g/mol. The van der Waals surface area contributed by atoms with Crippen LogP contribution in [0.4, 0.5) is 20.2 Å². The topological polar surface area (TPSA) is 35.6 Å². The van der Waals surface area contributed by atoms with Crippen molar-refractivity contribution in [3.63, 3.8) is 0 Å². The molecule has 4 nitrogen and oxygen atoms in total. The highest BCUT2D eigenvalue weighted by Gasteiger charge is 2.22. The summed E-state index contributed by atoms with van der Waals surface area (Å²) in [5.41, 5.74) is 4.15. The van der Waals surface area contributed by atoms with Crippen molar-refractivity contribution in [3.8, 4) is 0 Å². The maximum Gasteiger partial charge on any atom is 0.241 e. The molecule has 0 saturated carbocycles. The number of carbonyl (C=O) groups is 1. The zero-order chi connectivity index (χ0) is 18.7. The number of hydrogen-bond acceptors (Lipinski definition) is 3. The molecule has 1 fully saturated rings. The Balaban J connectivity index is 1.53. The van der Waals surface area contributed by atoms with Crippen LogP contribution in [0, 0.1) is 25.5 Å². The van der Waals surface area contributed by atoms with E-state index in [0.29, 0.717) is 18.8 Å². The molecule has 1 heterocycles. The minimum absolute atomic E-state index is 0.0460. The molecule has 1 aliphatic rings. The largest absolute Gasteiger partial charge is 0.376 e. The first-order valence-corrected chi connectivity index (χ1v) is 8.73. The molecule has 3 rings (SSSR count). The lowest BCUT2D eigenvalue weighted by Crippen LogP contribution is -2.50. The van der Waals surface area contributed by atoms with Crippen LogP contribution in [-0.2, 0) is 4.79 Å². The third kappa shape index (κ3) is 3.95. The molecule has 0 spiro atoms. The third-order valence-electron chi connectivity index (χ3n) is 4.91. The first-order chi connectivity index (χ1) is 12.5. The molecule has 0 aromatic heterocycles. The number of anilines is 2. The molecular weight excluding hydrogens is 336 g/mol. The Bertz CT molecular complexity index is 802. The summed E-state index contributed by atoms with van der Waals surface area (Å²) in [6.07, 6.45) is 0. The van der Waals surface area contributed by atoms with Crippen LogP contribution in [0.25, 0.3) is 0 Å². The van der Waals surface area contributed by atoms with Gasteiger partial charge in [-0.1, -0.05) is 12.1 Å². The normalized spacial score (nSPS) is 14.5. The van der Waals surface area contributed by atoms with Crippen molar-refractivity contribution in [1.82, 2.24) is 4.90 Å². The molecule has 1 N–H and O–H groups in total. The van der Waals surface area contributed by atoms with Gasteiger partial charge in [0.2, 0.25) is 5.91 Å². The molecule has 0 aliphatic carbocycles. The van der Waals surface area contributed by atoms with Gasteiger partial charge in [0.15, 0.2) is 11.6 Å². The summed E-state index contributed by atoms with van der Waals surface area (Å²) in [5.74, 6) is -1.87. The average molecular weight is 359 g/mol. The lowest BCUT2D eigenvalue weighted by Gasteiger charge is -2.37. The number of piperazine rings is 1. The van der Waals surface area contributed by atoms with Crippen LogP contribution < -0.4 is 10.2 Å². The molecule has 26 heavy (non-hydrogen) atoms. The summed E-state index contributed by atoms with van der Waals surface area (Å²) in [4.78, 5) is 16.5. The number of hydrogen-bond donors (Lipinski definition) is 1. The molecule has 0 radical (unpaired) electrons. The molecule has 1 saturated heterocycles. The highest BCUT2D eigenvalue weighted by molar-refractivity contribution is 5.81. The zero-order valence-electron chi connectivity index (χ0n) is 15.1. The predicted molar refractivity (Wildman–Crippen MR) is 99.6 cm³/mol. The highest BCUT2D eigenvalue weighted by Crippen LogP contribution is 2.24. The number of carbonyl (C=O) groups excluding carboxylic acids is 1. The van der Waals surface area contributed by atoms with Crippen molar-refractivity contribution in [2.45, 2.75) is 13.8 Å². The second-order valence-corrected chi connectivity index (χ2v) is 6.57. The van der Waals surface area contributed by atoms with Gasteiger partial charge >= 0.3 is 0 Å². The van der Waals surface area contributed by atoms with E-state index in [-0.39, 0.29) is 12.5 Å². The molecule has 0 bridgehead atoms. The van der Waals surface area contributed by atoms with Gasteiger partial charge in [0, 0.05) is 43.6 Å². The minimum Gasteiger partial charge on any atom is -0.376 e. The highest BCUT2D eigenvalue weighted by atomic mass is 19.2. The summed E-state index contributed by atoms with van der Waals surface area (Å²) in [6.45, 7) is 7.13. The maximum atomic E-state index is 13.2. The second kappa shape index (κ2) is 7.72. The van der Waals surface area contributed by atoms with Crippen LogP contribution in [0.1, 0.15) is 11.1 Å². The number of nitrogens with zero attached hydrogens (tertiary/aromatic N) is 2. The standard InChI is InChI=1S/C20H23F2N3O/c1-14-4-3-5-19(15(14)2)24-8-10-25(11-9-24)20(26)13-23-16-6-7-17(21)18(22)12-16/h3-7,12,23H,8-11,13H2,1-2H3. The van der Waals surface area contributed by atoms with Crippen LogP contribution in [0.15, 0.2) is 36.4 Å². The third-order valence-corrected chi connectivity index (χ3v) is 4.91. The van der Waals surface area contributed by atoms with Gasteiger partial charge in [0.1, 0.15) is 0 Å². The summed E-state index contributed by atoms with van der Waals surface area (Å²) in [6, 6.07) is 9.80. The van der Waals surface area contributed by atoms with Crippen molar-refractivity contribution in [2.75, 3.05) is 42.9 Å². The van der Waals surface area contributed by atoms with Crippen LogP contribution in [0.2, 0.25) is 0 Å². The van der Waals surface area contributed by atoms with Crippen molar-refractivity contribution in [2.24, 2.45) is 0 Å². The number of amides is 1. The number of halogens is 2. The van der Waals surface area contributed by atoms with Crippen LogP contribution in [0.3, 0.4) is 0 Å². The molecule has 0 atom stereocenters. The first kappa shape index (κ1) is 18.2. The fraction of sp³-hybridized carbons (Fsp3) is 0.350. The van der Waals surface area contributed by atoms with E-state index in [4.69, 9.17) is 0 Å². The molecule has 138 valence electrons. The van der Waals surface area contributed by atoms with E-state index in [1.807, 2.05) is 0 Å². The lowest BCUT2D eigenvalue weighted by atomic mass is 10.1. The number of nitrogens with one attached hydrogen (secondary N) is 1. The van der Waals surface area contributed by atoms with Crippen molar-refractivity contribution >= 4 is 17.3 Å². The molecular formula is C20H23F2N3O. The van der Waals surface area contributed by atoms with Gasteiger partial charge in [-0.05, 0) is 43.2 Å². The van der Waals surface area contributed by atoms with Crippen LogP contribution in [-0.4, -0.2) is 43.5 Å². The van der Waals surface area contributed by atoms with Crippen LogP contribution >= 0.6 is 0 Å². The maximum absolute atomic E-state index is 13.2. The fourth-order valence-corrected chi connectivity index (χ4v) is 3.17. The van der Waals surface area contributed by atoms with Crippen LogP contribution in [0.5, 0.6) is 0 Å². The smallest absolute Gasteiger partial charge is 0.241 e. The minimum atomic E-state index is -0.926. The van der Waals surface area contributed by atoms with Gasteiger partial charge in [0.05, 0.1) is 6.54 Å². The Morgan fingerprint density at radius 3 is 2.46 bits per heavy atom. The van der Waals surface area contributed by atoms with Gasteiger partial charge in [-0.3, -0.25) is 4.79 Å². The Kier molecular flexibility index (Phi) is 5.40. The Morgan fingerprint density at radius 2 is 1.77 bits per heavy atom. The van der Waals surface area contributed by atoms with E-state index in [2.05, 4.69) is 42.3 Å². The number of aryl methyl sites for hydroxylation is 1. The average Bonchev–Trinajstić information content (AvgIpc) is 2.65. The molecule has 6 heteroatoms. The van der Waals surface area contributed by atoms with E-state index in [0.717, 1.165) is 25.2 Å². The molecule has 0 unspecified atom stereocenters. The summed E-state index contributed by atoms with van der Waals surface area (Å²) < 4.78 is 26.1. The van der Waals surface area contributed by atoms with E-state index >= 15 is 0 Å². The number of benzene rings is 2. The SMILES string of the molecule is Cc1cccc(N2CCN(C(=O)CNc3ccc(F)c(F)c3)CC2)c1C. The molecule has 2 aromatic carbocycles. The number of rotatable bonds is 4. The summed E-state index contributed by atoms with van der Waals surface area (Å²) in [5, 5.41) is 2.86. The van der Waals surface area contributed by atoms with E-state index in [1.54, 1.807) is 4.90 Å². The van der Waals surface area contributed by atoms with E-state index in [9.17, 15) is 13.6 Å². The zero-order valence-corrected chi connectivity index (χ0v) is 15.1. The summed E-state index contributed by atoms with van der Waals surface area (Å²) in [7, 11) is 0. The van der Waals surface area contributed by atoms with E-state index < -0.39 is 11.6 Å². The second-order valence-electron chi connectivity index (χ2n) is 6.57. The van der Waals surface area contributed by atoms with Crippen molar-refractivity contribution < 1.29 is 13.6 Å². The van der Waals surface area contributed by atoms with Gasteiger partial charge in [-0.25, -0.2) is 8.78 Å². The van der Waals surface area contributed by atoms with Gasteiger partial charge in [-0.15, -0.1) is 0 Å². The lowest BCUT2D eigenvalue weighted by molar-refractivity contribution is -0.129. The Labute approximate surface area is 152 Å². The van der Waals surface area contributed by atoms with Gasteiger partial charge in [0.25, 0.3) is 0 Å². The van der Waals surface area contributed by atoms with E-state index in [1.165, 1.54) is 22.9 Å². The van der Waals surface area contributed by atoms with Crippen molar-refractivity contribution in [1.29, 1.82) is 0 Å². The molecule has 2 aromatic rings. The molecule has 1 aliphatic heterocycles. The quantitative estimate of drug-likeness (QED) is 0.909.